The lowest BCUT2D eigenvalue weighted by molar-refractivity contribution is 0.165. The van der Waals surface area contributed by atoms with Gasteiger partial charge in [-0.2, -0.15) is 16.4 Å². The second kappa shape index (κ2) is 5.67. The van der Waals surface area contributed by atoms with Crippen LogP contribution < -0.4 is 0 Å². The molecule has 0 aliphatic rings. The van der Waals surface area contributed by atoms with Crippen LogP contribution in [0.4, 0.5) is 0 Å². The predicted octanol–water partition coefficient (Wildman–Crippen LogP) is 2.63. The van der Waals surface area contributed by atoms with E-state index in [0.717, 1.165) is 25.0 Å². The molecular weight excluding hydrogens is 244 g/mol. The largest absolute Gasteiger partial charge is 0.393 e. The minimum absolute atomic E-state index is 0.265. The van der Waals surface area contributed by atoms with Gasteiger partial charge in [-0.3, -0.25) is 4.68 Å². The maximum atomic E-state index is 10.0. The van der Waals surface area contributed by atoms with Crippen LogP contribution in [0.1, 0.15) is 28.9 Å². The fourth-order valence-corrected chi connectivity index (χ4v) is 2.95. The Balaban J connectivity index is 1.91. The van der Waals surface area contributed by atoms with Gasteiger partial charge in [-0.25, -0.2) is 0 Å². The lowest BCUT2D eigenvalue weighted by atomic mass is 10.0. The van der Waals surface area contributed by atoms with Crippen LogP contribution in [0.15, 0.2) is 16.8 Å². The minimum atomic E-state index is -0.265. The summed E-state index contributed by atoms with van der Waals surface area (Å²) >= 11 is 1.68. The van der Waals surface area contributed by atoms with Gasteiger partial charge in [-0.15, -0.1) is 0 Å². The number of aryl methyl sites for hydroxylation is 2. The number of rotatable bonds is 5. The van der Waals surface area contributed by atoms with Gasteiger partial charge in [0, 0.05) is 12.7 Å². The van der Waals surface area contributed by atoms with Crippen molar-refractivity contribution >= 4 is 11.3 Å². The van der Waals surface area contributed by atoms with Crippen molar-refractivity contribution < 1.29 is 5.11 Å². The van der Waals surface area contributed by atoms with Crippen LogP contribution in [0.3, 0.4) is 0 Å². The molecule has 1 N–H and O–H groups in total. The van der Waals surface area contributed by atoms with Crippen molar-refractivity contribution in [3.8, 4) is 0 Å². The zero-order valence-electron chi connectivity index (χ0n) is 11.2. The van der Waals surface area contributed by atoms with E-state index in [-0.39, 0.29) is 6.10 Å². The highest BCUT2D eigenvalue weighted by Gasteiger charge is 2.12. The van der Waals surface area contributed by atoms with Crippen LogP contribution in [-0.4, -0.2) is 21.0 Å². The SMILES string of the molecule is Cc1nn(C)c(C)c1CCC(O)Cc1ccsc1. The summed E-state index contributed by atoms with van der Waals surface area (Å²) < 4.78 is 1.91. The number of thiophene rings is 1. The molecular formula is C14H20N2OS. The first kappa shape index (κ1) is 13.3. The number of aliphatic hydroxyl groups is 1. The topological polar surface area (TPSA) is 38.0 Å². The third-order valence-corrected chi connectivity index (χ3v) is 4.17. The van der Waals surface area contributed by atoms with Crippen molar-refractivity contribution in [3.63, 3.8) is 0 Å². The third kappa shape index (κ3) is 3.00. The zero-order chi connectivity index (χ0) is 13.1. The molecule has 1 atom stereocenters. The number of aromatic nitrogens is 2. The Kier molecular flexibility index (Phi) is 4.19. The molecule has 2 rings (SSSR count). The molecule has 0 saturated heterocycles. The standard InChI is InChI=1S/C14H20N2OS/c1-10-14(11(2)16(3)15-10)5-4-13(17)8-12-6-7-18-9-12/h6-7,9,13,17H,4-5,8H2,1-3H3. The normalized spacial score (nSPS) is 12.9. The van der Waals surface area contributed by atoms with Crippen molar-refractivity contribution in [2.45, 2.75) is 39.2 Å². The molecule has 0 aromatic carbocycles. The van der Waals surface area contributed by atoms with Crippen molar-refractivity contribution in [2.75, 3.05) is 0 Å². The molecule has 0 fully saturated rings. The summed E-state index contributed by atoms with van der Waals surface area (Å²) in [5.74, 6) is 0. The van der Waals surface area contributed by atoms with E-state index in [9.17, 15) is 5.11 Å². The van der Waals surface area contributed by atoms with E-state index in [2.05, 4.69) is 28.8 Å². The van der Waals surface area contributed by atoms with Crippen LogP contribution in [0, 0.1) is 13.8 Å². The molecule has 18 heavy (non-hydrogen) atoms. The maximum absolute atomic E-state index is 10.0. The van der Waals surface area contributed by atoms with Crippen molar-refractivity contribution in [2.24, 2.45) is 7.05 Å². The van der Waals surface area contributed by atoms with E-state index < -0.39 is 0 Å². The molecule has 0 amide bonds. The number of nitrogens with zero attached hydrogens (tertiary/aromatic N) is 2. The fourth-order valence-electron chi connectivity index (χ4n) is 2.27. The van der Waals surface area contributed by atoms with Gasteiger partial charge in [0.05, 0.1) is 11.8 Å². The average Bonchev–Trinajstić information content (AvgIpc) is 2.88. The Morgan fingerprint density at radius 2 is 2.22 bits per heavy atom. The predicted molar refractivity (Wildman–Crippen MR) is 75.0 cm³/mol. The van der Waals surface area contributed by atoms with Gasteiger partial charge in [-0.1, -0.05) is 0 Å². The van der Waals surface area contributed by atoms with E-state index >= 15 is 0 Å². The second-order valence-corrected chi connectivity index (χ2v) is 5.58. The van der Waals surface area contributed by atoms with Gasteiger partial charge in [-0.05, 0) is 61.1 Å². The summed E-state index contributed by atoms with van der Waals surface area (Å²) in [5.41, 5.74) is 4.79. The summed E-state index contributed by atoms with van der Waals surface area (Å²) in [6, 6.07) is 2.08. The van der Waals surface area contributed by atoms with E-state index in [0.29, 0.717) is 0 Å². The Labute approximate surface area is 112 Å². The van der Waals surface area contributed by atoms with Gasteiger partial charge in [0.2, 0.25) is 0 Å². The second-order valence-electron chi connectivity index (χ2n) is 4.80. The first-order chi connectivity index (χ1) is 8.58. The molecule has 2 aromatic heterocycles. The Morgan fingerprint density at radius 1 is 1.44 bits per heavy atom. The molecule has 1 unspecified atom stereocenters. The number of aliphatic hydroxyl groups excluding tert-OH is 1. The van der Waals surface area contributed by atoms with Crippen LogP contribution in [0.5, 0.6) is 0 Å². The van der Waals surface area contributed by atoms with Crippen molar-refractivity contribution in [1.82, 2.24) is 9.78 Å². The summed E-state index contributed by atoms with van der Waals surface area (Å²) in [5, 5.41) is 18.6. The summed E-state index contributed by atoms with van der Waals surface area (Å²) in [6.07, 6.45) is 2.18. The van der Waals surface area contributed by atoms with E-state index in [1.807, 2.05) is 18.7 Å². The lowest BCUT2D eigenvalue weighted by Crippen LogP contribution is -2.11. The fraction of sp³-hybridized carbons (Fsp3) is 0.500. The van der Waals surface area contributed by atoms with E-state index in [1.54, 1.807) is 11.3 Å². The molecule has 98 valence electrons. The highest BCUT2D eigenvalue weighted by Crippen LogP contribution is 2.17. The van der Waals surface area contributed by atoms with Crippen LogP contribution in [0.2, 0.25) is 0 Å². The van der Waals surface area contributed by atoms with Gasteiger partial charge in [0.1, 0.15) is 0 Å². The Morgan fingerprint density at radius 3 is 2.78 bits per heavy atom. The molecule has 0 radical (unpaired) electrons. The molecule has 0 aliphatic carbocycles. The monoisotopic (exact) mass is 264 g/mol. The maximum Gasteiger partial charge on any atom is 0.0628 e. The highest BCUT2D eigenvalue weighted by atomic mass is 32.1. The van der Waals surface area contributed by atoms with E-state index in [4.69, 9.17) is 0 Å². The molecule has 0 bridgehead atoms. The first-order valence-corrected chi connectivity index (χ1v) is 7.20. The quantitative estimate of drug-likeness (QED) is 0.901. The summed E-state index contributed by atoms with van der Waals surface area (Å²) in [4.78, 5) is 0. The molecule has 2 aromatic rings. The molecule has 2 heterocycles. The van der Waals surface area contributed by atoms with Crippen LogP contribution in [-0.2, 0) is 19.9 Å². The average molecular weight is 264 g/mol. The van der Waals surface area contributed by atoms with Crippen molar-refractivity contribution in [1.29, 1.82) is 0 Å². The number of hydrogen-bond acceptors (Lipinski definition) is 3. The van der Waals surface area contributed by atoms with Gasteiger partial charge >= 0.3 is 0 Å². The Bertz CT molecular complexity index is 502. The van der Waals surface area contributed by atoms with Crippen LogP contribution >= 0.6 is 11.3 Å². The summed E-state index contributed by atoms with van der Waals surface area (Å²) in [7, 11) is 1.97. The molecule has 4 heteroatoms. The summed E-state index contributed by atoms with van der Waals surface area (Å²) in [6.45, 7) is 4.12. The first-order valence-electron chi connectivity index (χ1n) is 6.26. The molecule has 3 nitrogen and oxygen atoms in total. The minimum Gasteiger partial charge on any atom is -0.393 e. The molecule has 0 aliphatic heterocycles. The Hall–Kier alpha value is -1.13. The van der Waals surface area contributed by atoms with E-state index in [1.165, 1.54) is 16.8 Å². The molecule has 0 spiro atoms. The van der Waals surface area contributed by atoms with Crippen LogP contribution in [0.25, 0.3) is 0 Å². The third-order valence-electron chi connectivity index (χ3n) is 3.44. The van der Waals surface area contributed by atoms with Gasteiger partial charge < -0.3 is 5.11 Å². The smallest absolute Gasteiger partial charge is 0.0628 e. The number of hydrogen-bond donors (Lipinski definition) is 1. The van der Waals surface area contributed by atoms with Crippen molar-refractivity contribution in [3.05, 3.63) is 39.3 Å². The lowest BCUT2D eigenvalue weighted by Gasteiger charge is -2.09. The van der Waals surface area contributed by atoms with Gasteiger partial charge in [0.25, 0.3) is 0 Å². The molecule has 0 saturated carbocycles. The highest BCUT2D eigenvalue weighted by molar-refractivity contribution is 7.07. The zero-order valence-corrected chi connectivity index (χ0v) is 12.0. The van der Waals surface area contributed by atoms with Gasteiger partial charge in [0.15, 0.2) is 0 Å².